The van der Waals surface area contributed by atoms with E-state index in [9.17, 15) is 15.3 Å². The zero-order valence-corrected chi connectivity index (χ0v) is 19.7. The highest BCUT2D eigenvalue weighted by molar-refractivity contribution is 5.83. The van der Waals surface area contributed by atoms with Crippen molar-refractivity contribution in [3.63, 3.8) is 0 Å². The van der Waals surface area contributed by atoms with Crippen LogP contribution in [0.4, 0.5) is 11.8 Å². The molecule has 36 heavy (non-hydrogen) atoms. The molecule has 1 aliphatic rings. The summed E-state index contributed by atoms with van der Waals surface area (Å²) in [7, 11) is 0. The lowest BCUT2D eigenvalue weighted by Crippen LogP contribution is -2.33. The summed E-state index contributed by atoms with van der Waals surface area (Å²) >= 11 is 0. The van der Waals surface area contributed by atoms with Crippen LogP contribution < -0.4 is 11.1 Å². The molecule has 4 atom stereocenters. The number of aliphatic hydroxyl groups excluding tert-OH is 3. The first kappa shape index (κ1) is 24.1. The number of nitrogens with zero attached hydrogens (tertiary/aromatic N) is 4. The van der Waals surface area contributed by atoms with Crippen molar-refractivity contribution < 1.29 is 20.1 Å². The first-order valence-electron chi connectivity index (χ1n) is 12.0. The van der Waals surface area contributed by atoms with Gasteiger partial charge in [0, 0.05) is 6.54 Å². The number of nitrogens with two attached hydrogens (primary N) is 1. The second-order valence-electron chi connectivity index (χ2n) is 8.96. The summed E-state index contributed by atoms with van der Waals surface area (Å²) in [5, 5.41) is 33.0. The van der Waals surface area contributed by atoms with Crippen LogP contribution in [-0.4, -0.2) is 66.3 Å². The zero-order chi connectivity index (χ0) is 25.1. The van der Waals surface area contributed by atoms with Gasteiger partial charge < -0.3 is 31.1 Å². The summed E-state index contributed by atoms with van der Waals surface area (Å²) in [6.07, 6.45) is -0.107. The maximum absolute atomic E-state index is 10.4. The number of hydrogen-bond donors (Lipinski definition) is 5. The summed E-state index contributed by atoms with van der Waals surface area (Å²) in [5.41, 5.74) is 10.7. The molecule has 0 unspecified atom stereocenters. The minimum absolute atomic E-state index is 0.191. The fraction of sp³-hybridized carbons (Fsp3) is 0.346. The van der Waals surface area contributed by atoms with E-state index in [1.54, 1.807) is 0 Å². The molecule has 4 aromatic rings. The molecular formula is C26H30N6O4. The van der Waals surface area contributed by atoms with Crippen molar-refractivity contribution in [2.45, 2.75) is 43.8 Å². The van der Waals surface area contributed by atoms with Gasteiger partial charge in [0.05, 0.1) is 12.9 Å². The van der Waals surface area contributed by atoms with Crippen LogP contribution in [0, 0.1) is 0 Å². The maximum Gasteiger partial charge on any atom is 0.226 e. The number of rotatable bonds is 9. The maximum atomic E-state index is 10.4. The summed E-state index contributed by atoms with van der Waals surface area (Å²) in [6.45, 7) is 0.176. The van der Waals surface area contributed by atoms with E-state index >= 15 is 0 Å². The standard InChI is InChI=1S/C26H30N6O4/c27-23-20-24(32(15-29-20)25-22(35)21(34)19(14-33)36-25)31-26(30-23)28-13-12-18-10-8-17(9-11-18)7-6-16-4-2-1-3-5-16/h1-5,8-11,15,19,21-22,25,33-35H,6-7,12-14H2,(H3,27,28,30,31)/t19-,21-,22-,25-/m1/s1. The van der Waals surface area contributed by atoms with Crippen molar-refractivity contribution in [3.8, 4) is 0 Å². The quantitative estimate of drug-likeness (QED) is 0.235. The van der Waals surface area contributed by atoms with Crippen molar-refractivity contribution in [1.29, 1.82) is 0 Å². The Morgan fingerprint density at radius 2 is 1.56 bits per heavy atom. The number of nitrogens with one attached hydrogen (secondary N) is 1. The van der Waals surface area contributed by atoms with Crippen LogP contribution in [0.15, 0.2) is 60.9 Å². The van der Waals surface area contributed by atoms with E-state index in [2.05, 4.69) is 68.8 Å². The molecule has 2 aromatic heterocycles. The molecule has 0 amide bonds. The van der Waals surface area contributed by atoms with Gasteiger partial charge in [-0.2, -0.15) is 9.97 Å². The number of hydrogen-bond acceptors (Lipinski definition) is 9. The number of benzene rings is 2. The third-order valence-electron chi connectivity index (χ3n) is 6.50. The smallest absolute Gasteiger partial charge is 0.226 e. The number of nitrogen functional groups attached to an aromatic ring is 1. The van der Waals surface area contributed by atoms with Crippen LogP contribution in [0.1, 0.15) is 22.9 Å². The van der Waals surface area contributed by atoms with Crippen molar-refractivity contribution in [2.75, 3.05) is 24.2 Å². The van der Waals surface area contributed by atoms with E-state index in [1.807, 2.05) is 6.07 Å². The van der Waals surface area contributed by atoms with Crippen molar-refractivity contribution >= 4 is 22.9 Å². The average Bonchev–Trinajstić information content (AvgIpc) is 3.45. The first-order valence-corrected chi connectivity index (χ1v) is 12.0. The first-order chi connectivity index (χ1) is 17.5. The lowest BCUT2D eigenvalue weighted by atomic mass is 10.0. The Bertz CT molecular complexity index is 1300. The van der Waals surface area contributed by atoms with E-state index in [4.69, 9.17) is 10.5 Å². The lowest BCUT2D eigenvalue weighted by molar-refractivity contribution is -0.0511. The van der Waals surface area contributed by atoms with E-state index in [-0.39, 0.29) is 5.82 Å². The third-order valence-corrected chi connectivity index (χ3v) is 6.50. The van der Waals surface area contributed by atoms with E-state index < -0.39 is 31.1 Å². The highest BCUT2D eigenvalue weighted by Crippen LogP contribution is 2.32. The number of fused-ring (bicyclic) bond motifs is 1. The van der Waals surface area contributed by atoms with Gasteiger partial charge in [0.1, 0.15) is 23.8 Å². The predicted octanol–water partition coefficient (Wildman–Crippen LogP) is 1.46. The molecule has 5 rings (SSSR count). The summed E-state index contributed by atoms with van der Waals surface area (Å²) < 4.78 is 7.11. The monoisotopic (exact) mass is 490 g/mol. The van der Waals surface area contributed by atoms with Crippen LogP contribution in [0.25, 0.3) is 11.2 Å². The highest BCUT2D eigenvalue weighted by Gasteiger charge is 2.44. The van der Waals surface area contributed by atoms with Gasteiger partial charge in [-0.1, -0.05) is 54.6 Å². The Hall–Kier alpha value is -3.57. The molecule has 0 spiro atoms. The topological polar surface area (TPSA) is 152 Å². The van der Waals surface area contributed by atoms with Crippen LogP contribution >= 0.6 is 0 Å². The molecule has 0 bridgehead atoms. The number of imidazole rings is 1. The fourth-order valence-corrected chi connectivity index (χ4v) is 4.44. The number of aryl methyl sites for hydroxylation is 2. The molecule has 1 fully saturated rings. The van der Waals surface area contributed by atoms with Crippen LogP contribution in [0.5, 0.6) is 0 Å². The van der Waals surface area contributed by atoms with E-state index in [0.29, 0.717) is 23.7 Å². The van der Waals surface area contributed by atoms with Gasteiger partial charge in [0.25, 0.3) is 0 Å². The Balaban J connectivity index is 1.21. The van der Waals surface area contributed by atoms with Crippen molar-refractivity contribution in [3.05, 3.63) is 77.6 Å². The lowest BCUT2D eigenvalue weighted by Gasteiger charge is -2.16. The summed E-state index contributed by atoms with van der Waals surface area (Å²) in [6, 6.07) is 19.1. The number of anilines is 2. The molecule has 2 aromatic carbocycles. The Morgan fingerprint density at radius 3 is 2.22 bits per heavy atom. The Morgan fingerprint density at radius 1 is 0.889 bits per heavy atom. The fourth-order valence-electron chi connectivity index (χ4n) is 4.44. The predicted molar refractivity (Wildman–Crippen MR) is 135 cm³/mol. The number of ether oxygens (including phenoxy) is 1. The van der Waals surface area contributed by atoms with Gasteiger partial charge in [-0.3, -0.25) is 4.57 Å². The van der Waals surface area contributed by atoms with Gasteiger partial charge in [0.15, 0.2) is 17.7 Å². The molecule has 1 saturated heterocycles. The SMILES string of the molecule is Nc1nc(NCCc2ccc(CCc3ccccc3)cc2)nc2c1ncn2[C@@H]1O[C@H](CO)[C@@H](O)[C@H]1O. The van der Waals surface area contributed by atoms with Crippen molar-refractivity contribution in [2.24, 2.45) is 0 Å². The normalized spacial score (nSPS) is 21.8. The summed E-state index contributed by atoms with van der Waals surface area (Å²) in [5.74, 6) is 0.517. The average molecular weight is 491 g/mol. The molecule has 6 N–H and O–H groups in total. The molecule has 188 valence electrons. The van der Waals surface area contributed by atoms with E-state index in [1.165, 1.54) is 27.6 Å². The second-order valence-corrected chi connectivity index (χ2v) is 8.96. The van der Waals surface area contributed by atoms with Gasteiger partial charge in [-0.25, -0.2) is 4.98 Å². The van der Waals surface area contributed by atoms with E-state index in [0.717, 1.165) is 19.3 Å². The zero-order valence-electron chi connectivity index (χ0n) is 19.7. The van der Waals surface area contributed by atoms with Gasteiger partial charge in [0.2, 0.25) is 5.95 Å². The molecule has 0 aliphatic carbocycles. The minimum Gasteiger partial charge on any atom is -0.394 e. The molecule has 1 aliphatic heterocycles. The number of aromatic nitrogens is 4. The third kappa shape index (κ3) is 5.02. The molecule has 0 radical (unpaired) electrons. The highest BCUT2D eigenvalue weighted by atomic mass is 16.6. The Kier molecular flexibility index (Phi) is 7.10. The number of aliphatic hydroxyl groups is 3. The molecule has 10 heteroatoms. The van der Waals surface area contributed by atoms with Gasteiger partial charge in [-0.05, 0) is 36.0 Å². The summed E-state index contributed by atoms with van der Waals surface area (Å²) in [4.78, 5) is 13.0. The van der Waals surface area contributed by atoms with Crippen LogP contribution in [-0.2, 0) is 24.0 Å². The molecular weight excluding hydrogens is 460 g/mol. The molecule has 10 nitrogen and oxygen atoms in total. The van der Waals surface area contributed by atoms with Gasteiger partial charge >= 0.3 is 0 Å². The largest absolute Gasteiger partial charge is 0.394 e. The second kappa shape index (κ2) is 10.6. The van der Waals surface area contributed by atoms with Gasteiger partial charge in [-0.15, -0.1) is 0 Å². The van der Waals surface area contributed by atoms with Crippen molar-refractivity contribution in [1.82, 2.24) is 19.5 Å². The molecule has 3 heterocycles. The van der Waals surface area contributed by atoms with Crippen LogP contribution in [0.2, 0.25) is 0 Å². The Labute approximate surface area is 208 Å². The van der Waals surface area contributed by atoms with Crippen LogP contribution in [0.3, 0.4) is 0 Å². The minimum atomic E-state index is -1.25. The molecule has 0 saturated carbocycles.